The summed E-state index contributed by atoms with van der Waals surface area (Å²) in [6, 6.07) is 13.2. The SMILES string of the molecule is CN1CCCN(C(=O)/C(=C/c2ccco2)n2nnnc2-c2ccccc2)CC1. The molecule has 8 heteroatoms. The number of hydrogen-bond donors (Lipinski definition) is 0. The summed E-state index contributed by atoms with van der Waals surface area (Å²) in [4.78, 5) is 17.5. The molecule has 1 amide bonds. The van der Waals surface area contributed by atoms with Gasteiger partial charge in [-0.05, 0) is 42.6 Å². The number of likely N-dealkylation sites (N-methyl/N-ethyl adjacent to an activating group) is 1. The Morgan fingerprint density at radius 3 is 2.71 bits per heavy atom. The molecule has 0 radical (unpaired) electrons. The van der Waals surface area contributed by atoms with Gasteiger partial charge in [0.2, 0.25) is 0 Å². The normalized spacial score (nSPS) is 16.2. The van der Waals surface area contributed by atoms with Crippen LogP contribution in [-0.4, -0.2) is 69.1 Å². The standard InChI is InChI=1S/C20H22N6O2/c1-24-10-6-11-25(13-12-24)20(27)18(15-17-9-5-14-28-17)26-19(21-22-23-26)16-7-3-2-4-8-16/h2-5,7-9,14-15H,6,10-13H2,1H3/b18-15-. The molecule has 1 aliphatic rings. The lowest BCUT2D eigenvalue weighted by molar-refractivity contribution is -0.125. The largest absolute Gasteiger partial charge is 0.465 e. The Labute approximate surface area is 163 Å². The van der Waals surface area contributed by atoms with E-state index in [-0.39, 0.29) is 5.91 Å². The van der Waals surface area contributed by atoms with Crippen molar-refractivity contribution in [2.75, 3.05) is 33.2 Å². The van der Waals surface area contributed by atoms with Gasteiger partial charge in [0.05, 0.1) is 6.26 Å². The molecule has 28 heavy (non-hydrogen) atoms. The van der Waals surface area contributed by atoms with E-state index in [9.17, 15) is 4.79 Å². The van der Waals surface area contributed by atoms with Crippen molar-refractivity contribution in [1.82, 2.24) is 30.0 Å². The van der Waals surface area contributed by atoms with Crippen molar-refractivity contribution in [3.8, 4) is 11.4 Å². The van der Waals surface area contributed by atoms with E-state index in [1.807, 2.05) is 35.2 Å². The average Bonchev–Trinajstić information content (AvgIpc) is 3.36. The van der Waals surface area contributed by atoms with Crippen LogP contribution in [-0.2, 0) is 4.79 Å². The number of amides is 1. The van der Waals surface area contributed by atoms with Crippen molar-refractivity contribution >= 4 is 17.7 Å². The summed E-state index contributed by atoms with van der Waals surface area (Å²) < 4.78 is 6.94. The zero-order valence-electron chi connectivity index (χ0n) is 15.7. The lowest BCUT2D eigenvalue weighted by Gasteiger charge is -2.22. The lowest BCUT2D eigenvalue weighted by atomic mass is 10.2. The Morgan fingerprint density at radius 2 is 1.93 bits per heavy atom. The highest BCUT2D eigenvalue weighted by Crippen LogP contribution is 2.22. The Kier molecular flexibility index (Phi) is 5.29. The second-order valence-electron chi connectivity index (χ2n) is 6.77. The summed E-state index contributed by atoms with van der Waals surface area (Å²) in [5.41, 5.74) is 1.20. The van der Waals surface area contributed by atoms with Crippen LogP contribution in [0.5, 0.6) is 0 Å². The quantitative estimate of drug-likeness (QED) is 0.647. The monoisotopic (exact) mass is 378 g/mol. The van der Waals surface area contributed by atoms with Crippen LogP contribution in [0.3, 0.4) is 0 Å². The third kappa shape index (κ3) is 3.86. The molecule has 0 bridgehead atoms. The van der Waals surface area contributed by atoms with E-state index >= 15 is 0 Å². The van der Waals surface area contributed by atoms with E-state index in [4.69, 9.17) is 4.42 Å². The summed E-state index contributed by atoms with van der Waals surface area (Å²) in [6.07, 6.45) is 4.20. The Bertz CT molecular complexity index is 948. The molecular formula is C20H22N6O2. The number of tetrazole rings is 1. The number of carbonyl (C=O) groups excluding carboxylic acids is 1. The molecule has 0 unspecified atom stereocenters. The molecule has 1 saturated heterocycles. The molecule has 0 N–H and O–H groups in total. The Morgan fingerprint density at radius 1 is 1.07 bits per heavy atom. The molecule has 2 aromatic heterocycles. The van der Waals surface area contributed by atoms with E-state index in [0.717, 1.165) is 25.1 Å². The molecule has 1 aliphatic heterocycles. The molecule has 3 aromatic rings. The smallest absolute Gasteiger partial charge is 0.272 e. The molecule has 1 aromatic carbocycles. The number of benzene rings is 1. The van der Waals surface area contributed by atoms with Crippen molar-refractivity contribution in [2.45, 2.75) is 6.42 Å². The van der Waals surface area contributed by atoms with E-state index in [0.29, 0.717) is 30.4 Å². The summed E-state index contributed by atoms with van der Waals surface area (Å²) in [5.74, 6) is 0.972. The fraction of sp³-hybridized carbons (Fsp3) is 0.300. The number of nitrogens with zero attached hydrogens (tertiary/aromatic N) is 6. The fourth-order valence-corrected chi connectivity index (χ4v) is 3.25. The first-order valence-electron chi connectivity index (χ1n) is 9.29. The van der Waals surface area contributed by atoms with Crippen LogP contribution in [0, 0.1) is 0 Å². The van der Waals surface area contributed by atoms with Gasteiger partial charge in [-0.3, -0.25) is 4.79 Å². The van der Waals surface area contributed by atoms with Crippen molar-refractivity contribution in [2.24, 2.45) is 0 Å². The molecule has 1 fully saturated rings. The summed E-state index contributed by atoms with van der Waals surface area (Å²) >= 11 is 0. The molecule has 0 aliphatic carbocycles. The number of carbonyl (C=O) groups is 1. The number of furan rings is 1. The predicted octanol–water partition coefficient (Wildman–Crippen LogP) is 2.10. The Hall–Kier alpha value is -3.26. The predicted molar refractivity (Wildman–Crippen MR) is 105 cm³/mol. The summed E-state index contributed by atoms with van der Waals surface area (Å²) in [7, 11) is 2.07. The number of aromatic nitrogens is 4. The third-order valence-electron chi connectivity index (χ3n) is 4.78. The van der Waals surface area contributed by atoms with Crippen LogP contribution in [0.25, 0.3) is 23.2 Å². The topological polar surface area (TPSA) is 80.3 Å². The molecule has 4 rings (SSSR count). The second kappa shape index (κ2) is 8.18. The molecular weight excluding hydrogens is 356 g/mol. The highest BCUT2D eigenvalue weighted by atomic mass is 16.3. The highest BCUT2D eigenvalue weighted by Gasteiger charge is 2.25. The molecule has 8 nitrogen and oxygen atoms in total. The van der Waals surface area contributed by atoms with Crippen LogP contribution in [0.4, 0.5) is 0 Å². The van der Waals surface area contributed by atoms with Gasteiger partial charge in [0.15, 0.2) is 5.82 Å². The Balaban J connectivity index is 1.74. The maximum Gasteiger partial charge on any atom is 0.272 e. The average molecular weight is 378 g/mol. The van der Waals surface area contributed by atoms with Gasteiger partial charge in [0.25, 0.3) is 5.91 Å². The van der Waals surface area contributed by atoms with E-state index in [1.54, 1.807) is 24.5 Å². The molecule has 0 spiro atoms. The van der Waals surface area contributed by atoms with E-state index in [2.05, 4.69) is 27.5 Å². The van der Waals surface area contributed by atoms with Gasteiger partial charge in [-0.1, -0.05) is 30.3 Å². The van der Waals surface area contributed by atoms with Gasteiger partial charge in [-0.15, -0.1) is 5.10 Å². The zero-order chi connectivity index (χ0) is 19.3. The lowest BCUT2D eigenvalue weighted by Crippen LogP contribution is -2.36. The molecule has 144 valence electrons. The maximum absolute atomic E-state index is 13.4. The van der Waals surface area contributed by atoms with Gasteiger partial charge < -0.3 is 14.2 Å². The first-order chi connectivity index (χ1) is 13.7. The van der Waals surface area contributed by atoms with Gasteiger partial charge >= 0.3 is 0 Å². The van der Waals surface area contributed by atoms with Gasteiger partial charge in [-0.25, -0.2) is 0 Å². The van der Waals surface area contributed by atoms with Crippen LogP contribution in [0.15, 0.2) is 53.1 Å². The maximum atomic E-state index is 13.4. The van der Waals surface area contributed by atoms with Crippen molar-refractivity contribution in [3.63, 3.8) is 0 Å². The summed E-state index contributed by atoms with van der Waals surface area (Å²) in [5, 5.41) is 12.1. The number of rotatable bonds is 4. The van der Waals surface area contributed by atoms with Gasteiger partial charge in [0, 0.05) is 31.3 Å². The van der Waals surface area contributed by atoms with Crippen molar-refractivity contribution < 1.29 is 9.21 Å². The fourth-order valence-electron chi connectivity index (χ4n) is 3.25. The van der Waals surface area contributed by atoms with Gasteiger partial charge in [0.1, 0.15) is 11.5 Å². The minimum atomic E-state index is -0.115. The highest BCUT2D eigenvalue weighted by molar-refractivity contribution is 6.18. The molecule has 0 atom stereocenters. The van der Waals surface area contributed by atoms with E-state index in [1.165, 1.54) is 4.68 Å². The third-order valence-corrected chi connectivity index (χ3v) is 4.78. The molecule has 0 saturated carbocycles. The minimum Gasteiger partial charge on any atom is -0.465 e. The van der Waals surface area contributed by atoms with Crippen LogP contribution < -0.4 is 0 Å². The van der Waals surface area contributed by atoms with Crippen molar-refractivity contribution in [1.29, 1.82) is 0 Å². The van der Waals surface area contributed by atoms with Crippen LogP contribution >= 0.6 is 0 Å². The second-order valence-corrected chi connectivity index (χ2v) is 6.77. The van der Waals surface area contributed by atoms with E-state index < -0.39 is 0 Å². The zero-order valence-corrected chi connectivity index (χ0v) is 15.7. The summed E-state index contributed by atoms with van der Waals surface area (Å²) in [6.45, 7) is 3.16. The minimum absolute atomic E-state index is 0.115. The first-order valence-corrected chi connectivity index (χ1v) is 9.29. The first kappa shape index (κ1) is 18.1. The van der Waals surface area contributed by atoms with Crippen LogP contribution in [0.1, 0.15) is 12.2 Å². The van der Waals surface area contributed by atoms with Crippen molar-refractivity contribution in [3.05, 3.63) is 54.5 Å². The van der Waals surface area contributed by atoms with Gasteiger partial charge in [-0.2, -0.15) is 4.68 Å². The van der Waals surface area contributed by atoms with Crippen LogP contribution in [0.2, 0.25) is 0 Å². The molecule has 3 heterocycles. The number of hydrogen-bond acceptors (Lipinski definition) is 6.